The number of halogens is 2. The van der Waals surface area contributed by atoms with E-state index in [0.29, 0.717) is 13.1 Å². The molecule has 5 heteroatoms. The fourth-order valence-corrected chi connectivity index (χ4v) is 2.44. The van der Waals surface area contributed by atoms with E-state index in [-0.39, 0.29) is 17.6 Å². The topological polar surface area (TPSA) is 32.3 Å². The van der Waals surface area contributed by atoms with Crippen LogP contribution in [0.4, 0.5) is 14.5 Å². The van der Waals surface area contributed by atoms with E-state index in [9.17, 15) is 13.6 Å². The van der Waals surface area contributed by atoms with Gasteiger partial charge in [-0.2, -0.15) is 0 Å². The van der Waals surface area contributed by atoms with E-state index in [0.717, 1.165) is 25.0 Å². The predicted octanol–water partition coefficient (Wildman–Crippen LogP) is 3.10. The number of nitrogens with one attached hydrogen (secondary N) is 1. The average Bonchev–Trinajstić information content (AvgIpc) is 2.41. The number of benzene rings is 1. The molecule has 1 unspecified atom stereocenters. The van der Waals surface area contributed by atoms with Crippen LogP contribution >= 0.6 is 0 Å². The average molecular weight is 296 g/mol. The van der Waals surface area contributed by atoms with Crippen LogP contribution in [0.1, 0.15) is 33.6 Å². The minimum Gasteiger partial charge on any atom is -0.367 e. The SMILES string of the molecule is CC(C)(C)C(=O)NC1CCCN(c2cc(F)ccc2F)C1. The molecular formula is C16H22F2N2O. The highest BCUT2D eigenvalue weighted by Gasteiger charge is 2.27. The summed E-state index contributed by atoms with van der Waals surface area (Å²) >= 11 is 0. The summed E-state index contributed by atoms with van der Waals surface area (Å²) in [6, 6.07) is 3.43. The minimum absolute atomic E-state index is 0.0194. The summed E-state index contributed by atoms with van der Waals surface area (Å²) in [5, 5.41) is 3.00. The van der Waals surface area contributed by atoms with Crippen LogP contribution in [0.3, 0.4) is 0 Å². The van der Waals surface area contributed by atoms with E-state index in [1.54, 1.807) is 4.90 Å². The van der Waals surface area contributed by atoms with Crippen molar-refractivity contribution in [3.8, 4) is 0 Å². The largest absolute Gasteiger partial charge is 0.367 e. The molecule has 1 N–H and O–H groups in total. The molecule has 0 aliphatic carbocycles. The molecule has 3 nitrogen and oxygen atoms in total. The van der Waals surface area contributed by atoms with E-state index < -0.39 is 17.0 Å². The lowest BCUT2D eigenvalue weighted by Gasteiger charge is -2.36. The summed E-state index contributed by atoms with van der Waals surface area (Å²) in [5.41, 5.74) is -0.184. The number of hydrogen-bond acceptors (Lipinski definition) is 2. The Morgan fingerprint density at radius 1 is 1.33 bits per heavy atom. The lowest BCUT2D eigenvalue weighted by atomic mass is 9.94. The van der Waals surface area contributed by atoms with Gasteiger partial charge in [-0.15, -0.1) is 0 Å². The number of amides is 1. The van der Waals surface area contributed by atoms with E-state index in [1.807, 2.05) is 20.8 Å². The summed E-state index contributed by atoms with van der Waals surface area (Å²) in [6.45, 7) is 6.74. The molecule has 1 amide bonds. The molecule has 0 saturated carbocycles. The maximum atomic E-state index is 13.8. The zero-order chi connectivity index (χ0) is 15.6. The van der Waals surface area contributed by atoms with Gasteiger partial charge in [-0.3, -0.25) is 4.79 Å². The number of carbonyl (C=O) groups is 1. The van der Waals surface area contributed by atoms with Crippen LogP contribution in [-0.2, 0) is 4.79 Å². The van der Waals surface area contributed by atoms with Crippen LogP contribution in [0.15, 0.2) is 18.2 Å². The number of anilines is 1. The number of nitrogens with zero attached hydrogens (tertiary/aromatic N) is 1. The van der Waals surface area contributed by atoms with Crippen LogP contribution in [0.5, 0.6) is 0 Å². The molecule has 0 spiro atoms. The summed E-state index contributed by atoms with van der Waals surface area (Å²) < 4.78 is 27.1. The molecule has 0 bridgehead atoms. The normalized spacial score (nSPS) is 19.5. The van der Waals surface area contributed by atoms with Gasteiger partial charge in [0.15, 0.2) is 0 Å². The predicted molar refractivity (Wildman–Crippen MR) is 79.2 cm³/mol. The Balaban J connectivity index is 2.07. The Morgan fingerprint density at radius 3 is 2.71 bits per heavy atom. The first-order valence-corrected chi connectivity index (χ1v) is 7.28. The molecule has 1 heterocycles. The highest BCUT2D eigenvalue weighted by atomic mass is 19.1. The van der Waals surface area contributed by atoms with Crippen molar-refractivity contribution in [1.82, 2.24) is 5.32 Å². The molecule has 1 aromatic carbocycles. The molecule has 21 heavy (non-hydrogen) atoms. The maximum absolute atomic E-state index is 13.8. The van der Waals surface area contributed by atoms with E-state index in [1.165, 1.54) is 6.07 Å². The molecule has 0 radical (unpaired) electrons. The zero-order valence-corrected chi connectivity index (χ0v) is 12.7. The van der Waals surface area contributed by atoms with E-state index in [4.69, 9.17) is 0 Å². The second kappa shape index (κ2) is 6.00. The lowest BCUT2D eigenvalue weighted by molar-refractivity contribution is -0.129. The van der Waals surface area contributed by atoms with Crippen molar-refractivity contribution >= 4 is 11.6 Å². The lowest BCUT2D eigenvalue weighted by Crippen LogP contribution is -2.50. The maximum Gasteiger partial charge on any atom is 0.225 e. The zero-order valence-electron chi connectivity index (χ0n) is 12.7. The van der Waals surface area contributed by atoms with Crippen LogP contribution < -0.4 is 10.2 Å². The van der Waals surface area contributed by atoms with Crippen LogP contribution in [0.25, 0.3) is 0 Å². The monoisotopic (exact) mass is 296 g/mol. The van der Waals surface area contributed by atoms with Crippen molar-refractivity contribution in [1.29, 1.82) is 0 Å². The highest BCUT2D eigenvalue weighted by Crippen LogP contribution is 2.24. The van der Waals surface area contributed by atoms with Crippen LogP contribution in [0, 0.1) is 17.0 Å². The highest BCUT2D eigenvalue weighted by molar-refractivity contribution is 5.81. The Labute approximate surface area is 124 Å². The smallest absolute Gasteiger partial charge is 0.225 e. The molecule has 116 valence electrons. The van der Waals surface area contributed by atoms with Gasteiger partial charge in [0.2, 0.25) is 5.91 Å². The van der Waals surface area contributed by atoms with Crippen molar-refractivity contribution in [3.05, 3.63) is 29.8 Å². The summed E-state index contributed by atoms with van der Waals surface area (Å²) in [4.78, 5) is 13.8. The first-order chi connectivity index (χ1) is 9.77. The summed E-state index contributed by atoms with van der Waals surface area (Å²) in [6.07, 6.45) is 1.69. The van der Waals surface area contributed by atoms with Crippen molar-refractivity contribution in [2.75, 3.05) is 18.0 Å². The number of hydrogen-bond donors (Lipinski definition) is 1. The first-order valence-electron chi connectivity index (χ1n) is 7.28. The van der Waals surface area contributed by atoms with Gasteiger partial charge in [0.25, 0.3) is 0 Å². The number of rotatable bonds is 2. The van der Waals surface area contributed by atoms with Crippen LogP contribution in [0.2, 0.25) is 0 Å². The Kier molecular flexibility index (Phi) is 4.49. The number of piperidine rings is 1. The van der Waals surface area contributed by atoms with Gasteiger partial charge in [0.1, 0.15) is 11.6 Å². The van der Waals surface area contributed by atoms with Crippen molar-refractivity contribution in [2.24, 2.45) is 5.41 Å². The van der Waals surface area contributed by atoms with Gasteiger partial charge in [0, 0.05) is 30.6 Å². The third-order valence-corrected chi connectivity index (χ3v) is 3.69. The first kappa shape index (κ1) is 15.7. The molecular weight excluding hydrogens is 274 g/mol. The third kappa shape index (κ3) is 3.93. The molecule has 1 saturated heterocycles. The second-order valence-corrected chi connectivity index (χ2v) is 6.60. The Bertz CT molecular complexity index is 525. The van der Waals surface area contributed by atoms with Gasteiger partial charge in [0.05, 0.1) is 5.69 Å². The molecule has 1 aliphatic heterocycles. The minimum atomic E-state index is -0.452. The summed E-state index contributed by atoms with van der Waals surface area (Å²) in [7, 11) is 0. The molecule has 1 aliphatic rings. The molecule has 2 rings (SSSR count). The van der Waals surface area contributed by atoms with Gasteiger partial charge >= 0.3 is 0 Å². The van der Waals surface area contributed by atoms with Gasteiger partial charge in [-0.05, 0) is 25.0 Å². The van der Waals surface area contributed by atoms with Gasteiger partial charge in [-0.1, -0.05) is 20.8 Å². The molecule has 1 aromatic rings. The second-order valence-electron chi connectivity index (χ2n) is 6.60. The quantitative estimate of drug-likeness (QED) is 0.909. The van der Waals surface area contributed by atoms with Crippen molar-refractivity contribution < 1.29 is 13.6 Å². The standard InChI is InChI=1S/C16H22F2N2O/c1-16(2,3)15(21)19-12-5-4-8-20(10-12)14-9-11(17)6-7-13(14)18/h6-7,9,12H,4-5,8,10H2,1-3H3,(H,19,21). The van der Waals surface area contributed by atoms with Gasteiger partial charge < -0.3 is 10.2 Å². The molecule has 1 fully saturated rings. The van der Waals surface area contributed by atoms with Gasteiger partial charge in [-0.25, -0.2) is 8.78 Å². The fourth-order valence-electron chi connectivity index (χ4n) is 2.44. The van der Waals surface area contributed by atoms with E-state index in [2.05, 4.69) is 5.32 Å². The number of carbonyl (C=O) groups excluding carboxylic acids is 1. The third-order valence-electron chi connectivity index (χ3n) is 3.69. The Hall–Kier alpha value is -1.65. The molecule has 1 atom stereocenters. The summed E-state index contributed by atoms with van der Waals surface area (Å²) in [5.74, 6) is -0.902. The fraction of sp³-hybridized carbons (Fsp3) is 0.562. The molecule has 0 aromatic heterocycles. The van der Waals surface area contributed by atoms with Crippen LogP contribution in [-0.4, -0.2) is 25.0 Å². The Morgan fingerprint density at radius 2 is 2.05 bits per heavy atom. The van der Waals surface area contributed by atoms with Crippen molar-refractivity contribution in [3.63, 3.8) is 0 Å². The van der Waals surface area contributed by atoms with Crippen molar-refractivity contribution in [2.45, 2.75) is 39.7 Å². The van der Waals surface area contributed by atoms with E-state index >= 15 is 0 Å².